The third-order valence-corrected chi connectivity index (χ3v) is 7.07. The van der Waals surface area contributed by atoms with Gasteiger partial charge in [-0.3, -0.25) is 4.90 Å². The quantitative estimate of drug-likeness (QED) is 0.555. The molecule has 0 unspecified atom stereocenters. The molecule has 2 fully saturated rings. The van der Waals surface area contributed by atoms with E-state index >= 15 is 0 Å². The molecule has 3 aromatic heterocycles. The first kappa shape index (κ1) is 23.8. The topological polar surface area (TPSA) is 93.5 Å². The summed E-state index contributed by atoms with van der Waals surface area (Å²) < 4.78 is 0. The summed E-state index contributed by atoms with van der Waals surface area (Å²) in [5.41, 5.74) is 2.65. The molecule has 35 heavy (non-hydrogen) atoms. The van der Waals surface area contributed by atoms with Crippen molar-refractivity contribution < 1.29 is 5.11 Å². The van der Waals surface area contributed by atoms with Gasteiger partial charge in [0.15, 0.2) is 5.82 Å². The normalized spacial score (nSPS) is 20.8. The summed E-state index contributed by atoms with van der Waals surface area (Å²) in [6.07, 6.45) is 6.61. The zero-order valence-electron chi connectivity index (χ0n) is 21.0. The van der Waals surface area contributed by atoms with E-state index in [-0.39, 0.29) is 0 Å². The van der Waals surface area contributed by atoms with Crippen LogP contribution in [0.3, 0.4) is 0 Å². The van der Waals surface area contributed by atoms with E-state index in [0.29, 0.717) is 23.5 Å². The molecule has 2 aliphatic heterocycles. The number of hydrogen-bond acceptors (Lipinski definition) is 9. The first-order valence-corrected chi connectivity index (χ1v) is 12.7. The molecule has 2 N–H and O–H groups in total. The lowest BCUT2D eigenvalue weighted by Crippen LogP contribution is -2.49. The van der Waals surface area contributed by atoms with Crippen LogP contribution in [0.1, 0.15) is 50.5 Å². The molecule has 0 saturated carbocycles. The molecule has 0 spiro atoms. The third-order valence-electron chi connectivity index (χ3n) is 7.07. The number of aromatic nitrogens is 4. The van der Waals surface area contributed by atoms with Crippen LogP contribution in [-0.4, -0.2) is 80.7 Å². The molecular weight excluding hydrogens is 440 g/mol. The van der Waals surface area contributed by atoms with Gasteiger partial charge in [-0.05, 0) is 57.9 Å². The van der Waals surface area contributed by atoms with E-state index < -0.39 is 6.10 Å². The fourth-order valence-electron chi connectivity index (χ4n) is 5.00. The van der Waals surface area contributed by atoms with Crippen LogP contribution in [0.25, 0.3) is 10.9 Å². The molecule has 5 rings (SSSR count). The molecule has 5 heterocycles. The minimum absolute atomic E-state index is 0.496. The second kappa shape index (κ2) is 10.4. The number of anilines is 3. The minimum Gasteiger partial charge on any atom is -0.387 e. The fourth-order valence-corrected chi connectivity index (χ4v) is 5.00. The number of fused-ring (bicyclic) bond motifs is 1. The summed E-state index contributed by atoms with van der Waals surface area (Å²) in [6, 6.07) is 6.53. The summed E-state index contributed by atoms with van der Waals surface area (Å²) in [4.78, 5) is 25.9. The summed E-state index contributed by atoms with van der Waals surface area (Å²) in [6.45, 7) is 10.1. The fraction of sp³-hybridized carbons (Fsp3) is 0.538. The summed E-state index contributed by atoms with van der Waals surface area (Å²) in [5.74, 6) is 2.04. The highest BCUT2D eigenvalue weighted by molar-refractivity contribution is 5.89. The van der Waals surface area contributed by atoms with Crippen LogP contribution in [0.4, 0.5) is 17.6 Å². The SMILES string of the molecule is C[C@@H]1CN(C)CCN1Cc1ccc(Nc2ncc3cc([C@@H](C)O)nc(N4CCCCC4)c3n2)nc1. The lowest BCUT2D eigenvalue weighted by Gasteiger charge is -2.38. The molecule has 0 bridgehead atoms. The second-order valence-electron chi connectivity index (χ2n) is 9.98. The van der Waals surface area contributed by atoms with Crippen LogP contribution < -0.4 is 10.2 Å². The summed E-state index contributed by atoms with van der Waals surface area (Å²) in [7, 11) is 2.18. The molecule has 3 aromatic rings. The number of rotatable bonds is 6. The highest BCUT2D eigenvalue weighted by Crippen LogP contribution is 2.29. The van der Waals surface area contributed by atoms with Crippen LogP contribution in [0.2, 0.25) is 0 Å². The number of piperidine rings is 1. The third kappa shape index (κ3) is 5.52. The van der Waals surface area contributed by atoms with Gasteiger partial charge in [0.25, 0.3) is 0 Å². The van der Waals surface area contributed by atoms with Gasteiger partial charge in [-0.2, -0.15) is 0 Å². The second-order valence-corrected chi connectivity index (χ2v) is 9.98. The van der Waals surface area contributed by atoms with E-state index in [4.69, 9.17) is 9.97 Å². The van der Waals surface area contributed by atoms with Crippen LogP contribution in [-0.2, 0) is 6.54 Å². The van der Waals surface area contributed by atoms with Gasteiger partial charge in [-0.1, -0.05) is 6.07 Å². The van der Waals surface area contributed by atoms with Gasteiger partial charge in [-0.15, -0.1) is 0 Å². The van der Waals surface area contributed by atoms with Gasteiger partial charge < -0.3 is 20.2 Å². The lowest BCUT2D eigenvalue weighted by atomic mass is 10.1. The maximum absolute atomic E-state index is 10.2. The zero-order valence-corrected chi connectivity index (χ0v) is 21.0. The van der Waals surface area contributed by atoms with Crippen molar-refractivity contribution in [1.82, 2.24) is 29.7 Å². The Kier molecular flexibility index (Phi) is 7.08. The molecule has 0 aliphatic carbocycles. The highest BCUT2D eigenvalue weighted by atomic mass is 16.3. The predicted molar refractivity (Wildman–Crippen MR) is 139 cm³/mol. The molecule has 0 aromatic carbocycles. The Morgan fingerprint density at radius 2 is 1.89 bits per heavy atom. The van der Waals surface area contributed by atoms with E-state index in [0.717, 1.165) is 68.8 Å². The summed E-state index contributed by atoms with van der Waals surface area (Å²) in [5, 5.41) is 14.3. The molecule has 0 radical (unpaired) electrons. The van der Waals surface area contributed by atoms with Gasteiger partial charge in [0.05, 0.1) is 11.8 Å². The van der Waals surface area contributed by atoms with Gasteiger partial charge in [0, 0.05) is 63.1 Å². The minimum atomic E-state index is -0.641. The van der Waals surface area contributed by atoms with Crippen LogP contribution in [0.15, 0.2) is 30.6 Å². The largest absolute Gasteiger partial charge is 0.387 e. The number of hydrogen-bond donors (Lipinski definition) is 2. The van der Waals surface area contributed by atoms with E-state index in [1.54, 1.807) is 13.1 Å². The number of nitrogens with zero attached hydrogens (tertiary/aromatic N) is 7. The van der Waals surface area contributed by atoms with Crippen LogP contribution in [0, 0.1) is 0 Å². The molecule has 0 amide bonds. The molecule has 9 nitrogen and oxygen atoms in total. The molecule has 2 aliphatic rings. The average Bonchev–Trinajstić information content (AvgIpc) is 2.86. The number of pyridine rings is 2. The Morgan fingerprint density at radius 3 is 2.60 bits per heavy atom. The number of aliphatic hydroxyl groups excluding tert-OH is 1. The maximum Gasteiger partial charge on any atom is 0.229 e. The van der Waals surface area contributed by atoms with Crippen molar-refractivity contribution in [2.45, 2.75) is 51.8 Å². The number of likely N-dealkylation sites (N-methyl/N-ethyl adjacent to an activating group) is 1. The van der Waals surface area contributed by atoms with Crippen molar-refractivity contribution in [3.05, 3.63) is 41.9 Å². The molecule has 2 atom stereocenters. The first-order chi connectivity index (χ1) is 17.0. The van der Waals surface area contributed by atoms with Gasteiger partial charge >= 0.3 is 0 Å². The standard InChI is InChI=1S/C26H36N8O/c1-18-16-32(3)11-12-34(18)17-20-7-8-23(27-14-20)30-26-28-15-21-13-22(19(2)35)29-25(24(21)31-26)33-9-5-4-6-10-33/h7-8,13-15,18-19,35H,4-6,9-12,16-17H2,1-3H3,(H,27,28,30,31)/t18-,19-/m1/s1. The van der Waals surface area contributed by atoms with Crippen LogP contribution >= 0.6 is 0 Å². The van der Waals surface area contributed by atoms with Crippen molar-refractivity contribution >= 4 is 28.5 Å². The van der Waals surface area contributed by atoms with E-state index in [1.807, 2.05) is 18.3 Å². The molecule has 9 heteroatoms. The lowest BCUT2D eigenvalue weighted by molar-refractivity contribution is 0.0937. The predicted octanol–water partition coefficient (Wildman–Crippen LogP) is 3.34. The van der Waals surface area contributed by atoms with E-state index in [1.165, 1.54) is 12.0 Å². The monoisotopic (exact) mass is 476 g/mol. The average molecular weight is 477 g/mol. The zero-order chi connectivity index (χ0) is 24.4. The Hall–Kier alpha value is -2.88. The highest BCUT2D eigenvalue weighted by Gasteiger charge is 2.22. The number of aliphatic hydroxyl groups is 1. The van der Waals surface area contributed by atoms with Crippen molar-refractivity contribution in [1.29, 1.82) is 0 Å². The number of piperazine rings is 1. The Bertz CT molecular complexity index is 1150. The van der Waals surface area contributed by atoms with Crippen molar-refractivity contribution in [2.75, 3.05) is 50.0 Å². The van der Waals surface area contributed by atoms with Crippen molar-refractivity contribution in [3.8, 4) is 0 Å². The van der Waals surface area contributed by atoms with Crippen LogP contribution in [0.5, 0.6) is 0 Å². The Balaban J connectivity index is 1.35. The Morgan fingerprint density at radius 1 is 1.06 bits per heavy atom. The van der Waals surface area contributed by atoms with E-state index in [2.05, 4.69) is 50.0 Å². The smallest absolute Gasteiger partial charge is 0.229 e. The van der Waals surface area contributed by atoms with Crippen molar-refractivity contribution in [3.63, 3.8) is 0 Å². The Labute approximate surface area is 207 Å². The number of nitrogens with one attached hydrogen (secondary N) is 1. The van der Waals surface area contributed by atoms with Crippen molar-refractivity contribution in [2.24, 2.45) is 0 Å². The summed E-state index contributed by atoms with van der Waals surface area (Å²) >= 11 is 0. The van der Waals surface area contributed by atoms with Gasteiger partial charge in [0.2, 0.25) is 5.95 Å². The molecule has 2 saturated heterocycles. The molecular formula is C26H36N8O. The van der Waals surface area contributed by atoms with Gasteiger partial charge in [0.1, 0.15) is 11.3 Å². The first-order valence-electron chi connectivity index (χ1n) is 12.7. The molecule has 186 valence electrons. The maximum atomic E-state index is 10.2. The van der Waals surface area contributed by atoms with Gasteiger partial charge in [-0.25, -0.2) is 19.9 Å². The van der Waals surface area contributed by atoms with E-state index in [9.17, 15) is 5.11 Å².